The molecule has 29 heteroatoms. The Hall–Kier alpha value is -14.6. The number of amides is 4. The first-order valence-electron chi connectivity index (χ1n) is 45.0. The number of pyridine rings is 4. The molecule has 0 aliphatic carbocycles. The number of carbonyl (C=O) groups excluding carboxylic acids is 4. The van der Waals surface area contributed by atoms with Gasteiger partial charge in [0.1, 0.15) is 34.4 Å². The zero-order valence-electron chi connectivity index (χ0n) is 78.5. The Morgan fingerprint density at radius 1 is 0.403 bits per heavy atom. The van der Waals surface area contributed by atoms with E-state index < -0.39 is 0 Å². The first kappa shape index (κ1) is 95.4. The van der Waals surface area contributed by atoms with Gasteiger partial charge in [-0.25, -0.2) is 29.3 Å². The molecule has 1 fully saturated rings. The highest BCUT2D eigenvalue weighted by Crippen LogP contribution is 2.38. The van der Waals surface area contributed by atoms with Crippen LogP contribution in [0, 0.1) is 88.9 Å². The molecule has 0 spiro atoms. The van der Waals surface area contributed by atoms with Crippen molar-refractivity contribution in [3.05, 3.63) is 381 Å². The first-order chi connectivity index (χ1) is 64.2. The fourth-order valence-electron chi connectivity index (χ4n) is 18.4. The maximum atomic E-state index is 13.6. The molecular weight excluding hydrogens is 1710 g/mol. The van der Waals surface area contributed by atoms with Crippen molar-refractivity contribution in [2.45, 2.75) is 193 Å². The van der Waals surface area contributed by atoms with E-state index in [1.165, 1.54) is 12.1 Å². The lowest BCUT2D eigenvalue weighted by molar-refractivity contribution is 0.0836. The van der Waals surface area contributed by atoms with E-state index in [9.17, 15) is 42.7 Å². The number of aryl methyl sites for hydroxylation is 9. The van der Waals surface area contributed by atoms with E-state index in [0.29, 0.717) is 85.9 Å². The number of aromatic amines is 4. The van der Waals surface area contributed by atoms with E-state index in [1.807, 2.05) is 217 Å². The molecule has 2 unspecified atom stereocenters. The highest BCUT2D eigenvalue weighted by molar-refractivity contribution is 6.28. The molecule has 0 bridgehead atoms. The SMILES string of the molecule is CCc1ncc2c(C(=O)NCc3c(C)cc(C)[nH]c3=O)c(C)n(C(C)c3ccccc3)c2n1.Cc1cc(C)c(CNC(=O)c2c(C)n(C(C)c3ccc(F)cc3)c3ccccc23)c(=O)[nH]1.Cc1cc(C)c(CNC(=O)c2c(C)n([C@H](C)c3ccccc3)c3nc(C4CCOCC4)ncc23)c(=O)[nH]1.Cc1cc(C)c(CNC(=O)c2c(C)n([C@H](C)c3ccccc3)c3nc(Cl)ncc23)c(=O)[nH]1. The number of rotatable bonds is 22. The van der Waals surface area contributed by atoms with Crippen LogP contribution >= 0.6 is 11.6 Å². The van der Waals surface area contributed by atoms with E-state index in [4.69, 9.17) is 31.3 Å². The lowest BCUT2D eigenvalue weighted by Gasteiger charge is -2.21. The number of nitrogens with zero attached hydrogens (tertiary/aromatic N) is 10. The number of nitrogens with one attached hydrogen (secondary N) is 8. The Kier molecular flexibility index (Phi) is 29.5. The van der Waals surface area contributed by atoms with Crippen LogP contribution in [-0.4, -0.2) is 105 Å². The molecule has 16 aromatic rings. The van der Waals surface area contributed by atoms with E-state index in [1.54, 1.807) is 30.7 Å². The number of H-pyrrole nitrogens is 4. The van der Waals surface area contributed by atoms with Gasteiger partial charge in [0.2, 0.25) is 5.28 Å². The molecule has 0 radical (unpaired) electrons. The van der Waals surface area contributed by atoms with Crippen LogP contribution in [0.2, 0.25) is 5.28 Å². The Morgan fingerprint density at radius 2 is 0.716 bits per heavy atom. The summed E-state index contributed by atoms with van der Waals surface area (Å²) in [5.41, 5.74) is 20.6. The summed E-state index contributed by atoms with van der Waals surface area (Å²) < 4.78 is 27.3. The summed E-state index contributed by atoms with van der Waals surface area (Å²) in [4.78, 5) is 142. The highest BCUT2D eigenvalue weighted by atomic mass is 35.5. The normalized spacial score (nSPS) is 13.0. The van der Waals surface area contributed by atoms with E-state index in [0.717, 1.165) is 137 Å². The van der Waals surface area contributed by atoms with Crippen molar-refractivity contribution in [2.24, 2.45) is 0 Å². The summed E-state index contributed by atoms with van der Waals surface area (Å²) >= 11 is 6.10. The molecule has 27 nitrogen and oxygen atoms in total. The molecule has 4 atom stereocenters. The smallest absolute Gasteiger partial charge is 0.254 e. The van der Waals surface area contributed by atoms with Gasteiger partial charge < -0.3 is 64.2 Å². The number of aromatic nitrogens is 14. The van der Waals surface area contributed by atoms with Gasteiger partial charge in [-0.15, -0.1) is 0 Å². The van der Waals surface area contributed by atoms with Crippen molar-refractivity contribution in [3.8, 4) is 0 Å². The van der Waals surface area contributed by atoms with Crippen LogP contribution in [-0.2, 0) is 37.3 Å². The Morgan fingerprint density at radius 3 is 1.09 bits per heavy atom. The van der Waals surface area contributed by atoms with Crippen LogP contribution in [0.1, 0.15) is 243 Å². The largest absolute Gasteiger partial charge is 0.381 e. The first-order valence-corrected chi connectivity index (χ1v) is 45.3. The van der Waals surface area contributed by atoms with Crippen molar-refractivity contribution >= 4 is 79.2 Å². The maximum Gasteiger partial charge on any atom is 0.254 e. The summed E-state index contributed by atoms with van der Waals surface area (Å²) in [6.07, 6.45) is 7.57. The number of hydrogen-bond acceptors (Lipinski definition) is 15. The zero-order valence-corrected chi connectivity index (χ0v) is 79.2. The molecule has 0 saturated carbocycles. The van der Waals surface area contributed by atoms with E-state index in [-0.39, 0.29) is 113 Å². The summed E-state index contributed by atoms with van der Waals surface area (Å²) in [6.45, 7) is 34.8. The highest BCUT2D eigenvalue weighted by Gasteiger charge is 2.32. The van der Waals surface area contributed by atoms with Crippen LogP contribution < -0.4 is 43.5 Å². The number of ether oxygens (including phenoxy) is 1. The molecular formula is C105H112ClFN18O9. The van der Waals surface area contributed by atoms with Gasteiger partial charge in [0.25, 0.3) is 45.9 Å². The molecule has 1 aliphatic rings. The maximum absolute atomic E-state index is 13.6. The number of hydrogen-bond donors (Lipinski definition) is 8. The molecule has 8 N–H and O–H groups in total. The van der Waals surface area contributed by atoms with Gasteiger partial charge in [-0.05, 0) is 222 Å². The minimum absolute atomic E-state index is 0.0166. The Labute approximate surface area is 780 Å². The van der Waals surface area contributed by atoms with Crippen LogP contribution in [0.4, 0.5) is 4.39 Å². The van der Waals surface area contributed by atoms with Crippen LogP contribution in [0.25, 0.3) is 44.0 Å². The van der Waals surface area contributed by atoms with Crippen LogP contribution in [0.15, 0.2) is 202 Å². The van der Waals surface area contributed by atoms with Crippen molar-refractivity contribution in [1.82, 2.24) is 89.4 Å². The molecule has 690 valence electrons. The summed E-state index contributed by atoms with van der Waals surface area (Å²) in [5.74, 6) is 0.463. The van der Waals surface area contributed by atoms with Gasteiger partial charge in [-0.3, -0.25) is 38.4 Å². The quantitative estimate of drug-likeness (QED) is 0.0292. The number of benzene rings is 5. The van der Waals surface area contributed by atoms with Crippen molar-refractivity contribution in [3.63, 3.8) is 0 Å². The Bertz CT molecular complexity index is 7370. The summed E-state index contributed by atoms with van der Waals surface area (Å²) in [6, 6.07) is 51.9. The number of halogens is 2. The fraction of sp³-hybridized carbons (Fsp3) is 0.295. The van der Waals surface area contributed by atoms with Gasteiger partial charge in [-0.2, -0.15) is 4.98 Å². The lowest BCUT2D eigenvalue weighted by Crippen LogP contribution is -2.28. The number of fused-ring (bicyclic) bond motifs is 4. The third kappa shape index (κ3) is 20.4. The Balaban J connectivity index is 0.000000144. The van der Waals surface area contributed by atoms with Crippen molar-refractivity contribution < 1.29 is 28.3 Å². The molecule has 4 amide bonds. The fourth-order valence-corrected chi connectivity index (χ4v) is 18.5. The lowest BCUT2D eigenvalue weighted by atomic mass is 9.99. The van der Waals surface area contributed by atoms with Gasteiger partial charge in [-0.1, -0.05) is 128 Å². The van der Waals surface area contributed by atoms with Gasteiger partial charge in [0, 0.05) is 149 Å². The summed E-state index contributed by atoms with van der Waals surface area (Å²) in [7, 11) is 0. The second kappa shape index (κ2) is 41.4. The predicted molar refractivity (Wildman–Crippen MR) is 522 cm³/mol. The monoisotopic (exact) mass is 1820 g/mol. The molecule has 12 heterocycles. The van der Waals surface area contributed by atoms with E-state index >= 15 is 0 Å². The molecule has 1 saturated heterocycles. The van der Waals surface area contributed by atoms with Gasteiger partial charge >= 0.3 is 0 Å². The minimum atomic E-state index is -0.295. The second-order valence-corrected chi connectivity index (χ2v) is 34.8. The molecule has 1 aliphatic heterocycles. The molecule has 11 aromatic heterocycles. The third-order valence-corrected chi connectivity index (χ3v) is 25.6. The second-order valence-electron chi connectivity index (χ2n) is 34.4. The van der Waals surface area contributed by atoms with Crippen molar-refractivity contribution in [2.75, 3.05) is 13.2 Å². The van der Waals surface area contributed by atoms with Gasteiger partial charge in [0.05, 0.1) is 62.6 Å². The minimum Gasteiger partial charge on any atom is -0.381 e. The summed E-state index contributed by atoms with van der Waals surface area (Å²) in [5, 5.41) is 14.7. The third-order valence-electron chi connectivity index (χ3n) is 25.4. The molecule has 5 aromatic carbocycles. The predicted octanol–water partition coefficient (Wildman–Crippen LogP) is 17.8. The number of para-hydroxylation sites is 1. The molecule has 17 rings (SSSR count). The van der Waals surface area contributed by atoms with Gasteiger partial charge in [0.15, 0.2) is 0 Å². The molecule has 134 heavy (non-hydrogen) atoms. The zero-order chi connectivity index (χ0) is 95.8. The number of carbonyl (C=O) groups is 4. The van der Waals surface area contributed by atoms with Crippen LogP contribution in [0.5, 0.6) is 0 Å². The van der Waals surface area contributed by atoms with Crippen molar-refractivity contribution in [1.29, 1.82) is 0 Å². The van der Waals surface area contributed by atoms with E-state index in [2.05, 4.69) is 115 Å². The van der Waals surface area contributed by atoms with Crippen LogP contribution in [0.3, 0.4) is 0 Å². The topological polar surface area (TPSA) is 354 Å². The standard InChI is InChI=1S/C29H33N5O3.C26H26FN3O2.C26H29N5O2.C24H24ClN5O2/c1-17-14-18(2)32-28(35)23(17)15-31-29(36)25-20(4)34(19(3)21-8-6-5-7-9-21)27-24(25)16-30-26(33-27)22-10-12-37-13-11-22;1-15-13-16(2)29-25(31)22(15)14-28-26(32)24-18(4)30(23-8-6-5-7-21(23)24)17(3)19-9-11-20(27)12-10-19;1-6-22-27-14-21-23(26(33)28-13-20-15(2)12-16(3)29-25(20)32)18(5)31(24(21)30-22)17(4)19-10-8-7-9-11-19;1-13-10-14(2)28-22(31)18(13)11-26-23(32)20-16(4)30(15(3)17-8-6-5-7-9-17)21-19(20)12-27-24(25)29-21/h5-9,14,16,19,22H,10-13,15H2,1-4H3,(H,31,36)(H,32,35);5-13,17H,14H2,1-4H3,(H,28,32)(H,29,31);7-12,14,17H,6,13H2,1-5H3,(H,28,33)(H,29,32);5-10,12,15H,11H2,1-4H3,(H,26,32)(H,28,31)/t19-;;;15-/m1..1/s1. The average molecular weight is 1820 g/mol. The average Bonchev–Trinajstić information content (AvgIpc) is 1.60.